The molecule has 6 nitrogen and oxygen atoms in total. The fourth-order valence-electron chi connectivity index (χ4n) is 1.95. The Morgan fingerprint density at radius 2 is 2.20 bits per heavy atom. The summed E-state index contributed by atoms with van der Waals surface area (Å²) >= 11 is 5.93. The first kappa shape index (κ1) is 14.6. The Morgan fingerprint density at radius 1 is 1.40 bits per heavy atom. The van der Waals surface area contributed by atoms with Gasteiger partial charge in [-0.05, 0) is 31.0 Å². The van der Waals surface area contributed by atoms with Crippen LogP contribution in [0.4, 0.5) is 10.5 Å². The van der Waals surface area contributed by atoms with Gasteiger partial charge in [-0.2, -0.15) is 0 Å². The smallest absolute Gasteiger partial charge is 0.335 e. The van der Waals surface area contributed by atoms with E-state index in [1.807, 2.05) is 0 Å². The molecule has 0 radical (unpaired) electrons. The van der Waals surface area contributed by atoms with Crippen LogP contribution in [0.3, 0.4) is 0 Å². The van der Waals surface area contributed by atoms with Crippen LogP contribution in [-0.2, 0) is 4.74 Å². The number of carbonyl (C=O) groups is 2. The zero-order valence-corrected chi connectivity index (χ0v) is 11.4. The van der Waals surface area contributed by atoms with Crippen molar-refractivity contribution in [3.05, 3.63) is 28.8 Å². The van der Waals surface area contributed by atoms with Gasteiger partial charge in [-0.15, -0.1) is 0 Å². The molecule has 1 aromatic carbocycles. The van der Waals surface area contributed by atoms with E-state index in [1.165, 1.54) is 18.2 Å². The molecule has 20 heavy (non-hydrogen) atoms. The van der Waals surface area contributed by atoms with Crippen LogP contribution in [0.1, 0.15) is 23.2 Å². The minimum Gasteiger partial charge on any atom is -0.478 e. The minimum absolute atomic E-state index is 0.0131. The van der Waals surface area contributed by atoms with Crippen molar-refractivity contribution in [2.75, 3.05) is 18.5 Å². The van der Waals surface area contributed by atoms with Gasteiger partial charge in [0.05, 0.1) is 28.9 Å². The van der Waals surface area contributed by atoms with E-state index in [1.54, 1.807) is 0 Å². The number of carboxylic acid groups (broad SMARTS) is 1. The number of nitrogens with one attached hydrogen (secondary N) is 2. The van der Waals surface area contributed by atoms with Crippen LogP contribution >= 0.6 is 11.6 Å². The van der Waals surface area contributed by atoms with Gasteiger partial charge in [0.25, 0.3) is 0 Å². The summed E-state index contributed by atoms with van der Waals surface area (Å²) in [6.07, 6.45) is 1.79. The Labute approximate surface area is 121 Å². The highest BCUT2D eigenvalue weighted by Gasteiger charge is 2.17. The molecule has 1 atom stereocenters. The maximum Gasteiger partial charge on any atom is 0.335 e. The number of carbonyl (C=O) groups excluding carboxylic acids is 1. The van der Waals surface area contributed by atoms with E-state index in [2.05, 4.69) is 10.6 Å². The summed E-state index contributed by atoms with van der Waals surface area (Å²) in [4.78, 5) is 22.6. The van der Waals surface area contributed by atoms with E-state index in [0.29, 0.717) is 12.3 Å². The second-order valence-electron chi connectivity index (χ2n) is 4.51. The van der Waals surface area contributed by atoms with Gasteiger partial charge in [-0.25, -0.2) is 9.59 Å². The molecule has 2 rings (SSSR count). The van der Waals surface area contributed by atoms with E-state index in [9.17, 15) is 9.59 Å². The molecule has 1 aliphatic heterocycles. The molecule has 1 aromatic rings. The second-order valence-corrected chi connectivity index (χ2v) is 4.92. The van der Waals surface area contributed by atoms with E-state index in [4.69, 9.17) is 21.4 Å². The first-order chi connectivity index (χ1) is 9.56. The van der Waals surface area contributed by atoms with E-state index >= 15 is 0 Å². The lowest BCUT2D eigenvalue weighted by atomic mass is 10.1. The van der Waals surface area contributed by atoms with Gasteiger partial charge in [0.15, 0.2) is 0 Å². The molecular formula is C13H15ClN2O4. The number of hydrogen-bond donors (Lipinski definition) is 3. The predicted octanol–water partition coefficient (Wildman–Crippen LogP) is 2.34. The Bertz CT molecular complexity index is 515. The number of aromatic carboxylic acids is 1. The average Bonchev–Trinajstić information content (AvgIpc) is 2.42. The maximum absolute atomic E-state index is 11.8. The monoisotopic (exact) mass is 298 g/mol. The fraction of sp³-hybridized carbons (Fsp3) is 0.385. The highest BCUT2D eigenvalue weighted by atomic mass is 35.5. The highest BCUT2D eigenvalue weighted by molar-refractivity contribution is 6.34. The van der Waals surface area contributed by atoms with Crippen LogP contribution in [0.25, 0.3) is 0 Å². The molecule has 3 N–H and O–H groups in total. The minimum atomic E-state index is -1.07. The fourth-order valence-corrected chi connectivity index (χ4v) is 2.18. The topological polar surface area (TPSA) is 87.7 Å². The summed E-state index contributed by atoms with van der Waals surface area (Å²) in [5, 5.41) is 14.4. The molecule has 1 heterocycles. The summed E-state index contributed by atoms with van der Waals surface area (Å²) in [6, 6.07) is 3.74. The van der Waals surface area contributed by atoms with Crippen molar-refractivity contribution in [2.45, 2.75) is 18.9 Å². The van der Waals surface area contributed by atoms with E-state index < -0.39 is 5.97 Å². The number of ether oxygens (including phenoxy) is 1. The van der Waals surface area contributed by atoms with Crippen LogP contribution in [0.15, 0.2) is 18.2 Å². The van der Waals surface area contributed by atoms with E-state index in [0.717, 1.165) is 19.4 Å². The van der Waals surface area contributed by atoms with Crippen LogP contribution in [-0.4, -0.2) is 36.4 Å². The molecule has 0 aromatic heterocycles. The van der Waals surface area contributed by atoms with Crippen LogP contribution in [0.5, 0.6) is 0 Å². The second kappa shape index (κ2) is 6.58. The molecule has 0 aliphatic carbocycles. The first-order valence-corrected chi connectivity index (χ1v) is 6.62. The molecular weight excluding hydrogens is 284 g/mol. The van der Waals surface area contributed by atoms with Crippen molar-refractivity contribution in [2.24, 2.45) is 0 Å². The molecule has 1 fully saturated rings. The van der Waals surface area contributed by atoms with Gasteiger partial charge >= 0.3 is 12.0 Å². The van der Waals surface area contributed by atoms with Gasteiger partial charge in [0.1, 0.15) is 0 Å². The van der Waals surface area contributed by atoms with Gasteiger partial charge in [-0.1, -0.05) is 11.6 Å². The Balaban J connectivity index is 1.95. The van der Waals surface area contributed by atoms with Gasteiger partial charge < -0.3 is 20.5 Å². The largest absolute Gasteiger partial charge is 0.478 e. The summed E-state index contributed by atoms with van der Waals surface area (Å²) < 4.78 is 5.27. The third-order valence-corrected chi connectivity index (χ3v) is 3.27. The average molecular weight is 299 g/mol. The van der Waals surface area contributed by atoms with Crippen molar-refractivity contribution in [1.29, 1.82) is 0 Å². The summed E-state index contributed by atoms with van der Waals surface area (Å²) in [7, 11) is 0. The summed E-state index contributed by atoms with van der Waals surface area (Å²) in [5.74, 6) is -1.07. The number of anilines is 1. The van der Waals surface area contributed by atoms with Crippen molar-refractivity contribution < 1.29 is 19.4 Å². The normalized spacial score (nSPS) is 18.4. The number of carboxylic acids is 1. The Kier molecular flexibility index (Phi) is 4.81. The van der Waals surface area contributed by atoms with Crippen molar-refractivity contribution in [1.82, 2.24) is 5.32 Å². The quantitative estimate of drug-likeness (QED) is 0.799. The molecule has 0 spiro atoms. The van der Waals surface area contributed by atoms with Crippen molar-refractivity contribution >= 4 is 29.3 Å². The lowest BCUT2D eigenvalue weighted by Crippen LogP contribution is -2.42. The van der Waals surface area contributed by atoms with Crippen LogP contribution in [0.2, 0.25) is 5.02 Å². The molecule has 108 valence electrons. The van der Waals surface area contributed by atoms with Crippen molar-refractivity contribution in [3.8, 4) is 0 Å². The summed E-state index contributed by atoms with van der Waals surface area (Å²) in [5.41, 5.74) is 0.438. The molecule has 2 amide bonds. The summed E-state index contributed by atoms with van der Waals surface area (Å²) in [6.45, 7) is 1.22. The van der Waals surface area contributed by atoms with E-state index in [-0.39, 0.29) is 22.7 Å². The molecule has 7 heteroatoms. The third kappa shape index (κ3) is 3.85. The number of amides is 2. The standard InChI is InChI=1S/C13H15ClN2O4/c14-10-6-8(12(17)18)3-4-11(10)16-13(19)15-9-2-1-5-20-7-9/h3-4,6,9H,1-2,5,7H2,(H,17,18)(H2,15,16,19). The van der Waals surface area contributed by atoms with Crippen LogP contribution in [0, 0.1) is 0 Å². The lowest BCUT2D eigenvalue weighted by molar-refractivity contribution is 0.0697. The number of urea groups is 1. The number of hydrogen-bond acceptors (Lipinski definition) is 3. The third-order valence-electron chi connectivity index (χ3n) is 2.96. The molecule has 1 aliphatic rings. The zero-order valence-electron chi connectivity index (χ0n) is 10.7. The van der Waals surface area contributed by atoms with Crippen molar-refractivity contribution in [3.63, 3.8) is 0 Å². The lowest BCUT2D eigenvalue weighted by Gasteiger charge is -2.23. The molecule has 1 saturated heterocycles. The zero-order chi connectivity index (χ0) is 14.5. The number of rotatable bonds is 3. The Morgan fingerprint density at radius 3 is 2.80 bits per heavy atom. The first-order valence-electron chi connectivity index (χ1n) is 6.24. The number of benzene rings is 1. The van der Waals surface area contributed by atoms with Gasteiger partial charge in [0, 0.05) is 6.61 Å². The molecule has 0 saturated carbocycles. The number of halogens is 1. The highest BCUT2D eigenvalue weighted by Crippen LogP contribution is 2.23. The van der Waals surface area contributed by atoms with Crippen LogP contribution < -0.4 is 10.6 Å². The van der Waals surface area contributed by atoms with Gasteiger partial charge in [-0.3, -0.25) is 0 Å². The predicted molar refractivity (Wildman–Crippen MR) is 74.4 cm³/mol. The van der Waals surface area contributed by atoms with Gasteiger partial charge in [0.2, 0.25) is 0 Å². The molecule has 1 unspecified atom stereocenters. The Hall–Kier alpha value is -1.79. The maximum atomic E-state index is 11.8. The molecule has 0 bridgehead atoms. The SMILES string of the molecule is O=C(Nc1ccc(C(=O)O)cc1Cl)NC1CCCOC1.